The molecule has 1 amide bonds. The molecule has 1 aliphatic rings. The van der Waals surface area contributed by atoms with Crippen molar-refractivity contribution in [3.05, 3.63) is 33.9 Å². The van der Waals surface area contributed by atoms with Crippen LogP contribution in [0.4, 0.5) is 11.4 Å². The summed E-state index contributed by atoms with van der Waals surface area (Å²) in [5.41, 5.74) is 0.530. The number of unbranched alkanes of at least 4 members (excludes halogenated alkanes) is 1. The molecule has 1 aliphatic carbocycles. The fourth-order valence-corrected chi connectivity index (χ4v) is 2.10. The van der Waals surface area contributed by atoms with Crippen LogP contribution in [0.3, 0.4) is 0 Å². The molecule has 0 saturated heterocycles. The summed E-state index contributed by atoms with van der Waals surface area (Å²) in [4.78, 5) is 33.0. The highest BCUT2D eigenvalue weighted by Crippen LogP contribution is 2.31. The van der Waals surface area contributed by atoms with Crippen molar-refractivity contribution in [3.63, 3.8) is 0 Å². The third kappa shape index (κ3) is 5.24. The molecule has 8 heteroatoms. The maximum Gasteiger partial charge on any atom is 0.303 e. The number of carbonyl (C=O) groups excluding carboxylic acids is 1. The monoisotopic (exact) mass is 321 g/mol. The first-order valence-electron chi connectivity index (χ1n) is 7.52. The van der Waals surface area contributed by atoms with E-state index in [-0.39, 0.29) is 23.7 Å². The molecule has 2 rings (SSSR count). The average molecular weight is 321 g/mol. The Morgan fingerprint density at radius 3 is 2.65 bits per heavy atom. The Kier molecular flexibility index (Phi) is 5.51. The van der Waals surface area contributed by atoms with E-state index in [1.807, 2.05) is 0 Å². The van der Waals surface area contributed by atoms with E-state index in [0.29, 0.717) is 25.1 Å². The van der Waals surface area contributed by atoms with Crippen molar-refractivity contribution in [1.29, 1.82) is 0 Å². The number of benzene rings is 1. The van der Waals surface area contributed by atoms with E-state index in [0.717, 1.165) is 12.8 Å². The molecule has 0 bridgehead atoms. The Morgan fingerprint density at radius 1 is 1.30 bits per heavy atom. The summed E-state index contributed by atoms with van der Waals surface area (Å²) in [6.45, 7) is 0.335. The molecule has 1 fully saturated rings. The Hall–Kier alpha value is -2.64. The van der Waals surface area contributed by atoms with Gasteiger partial charge in [-0.15, -0.1) is 0 Å². The van der Waals surface area contributed by atoms with Crippen LogP contribution < -0.4 is 10.6 Å². The third-order valence-corrected chi connectivity index (χ3v) is 3.50. The zero-order chi connectivity index (χ0) is 16.8. The fraction of sp³-hybridized carbons (Fsp3) is 0.467. The van der Waals surface area contributed by atoms with Gasteiger partial charge in [-0.25, -0.2) is 0 Å². The number of aliphatic carboxylic acids is 1. The number of nitro benzene ring substituents is 1. The maximum atomic E-state index is 12.0. The topological polar surface area (TPSA) is 122 Å². The number of amides is 1. The zero-order valence-corrected chi connectivity index (χ0v) is 12.6. The predicted octanol–water partition coefficient (Wildman–Crippen LogP) is 2.15. The normalized spacial score (nSPS) is 13.4. The Bertz CT molecular complexity index is 613. The molecule has 0 aromatic heterocycles. The van der Waals surface area contributed by atoms with Gasteiger partial charge >= 0.3 is 5.97 Å². The highest BCUT2D eigenvalue weighted by atomic mass is 16.6. The number of hydrogen-bond donors (Lipinski definition) is 3. The first-order valence-corrected chi connectivity index (χ1v) is 7.52. The van der Waals surface area contributed by atoms with Crippen molar-refractivity contribution in [3.8, 4) is 0 Å². The number of rotatable bonds is 9. The van der Waals surface area contributed by atoms with Gasteiger partial charge in [0.15, 0.2) is 0 Å². The van der Waals surface area contributed by atoms with Gasteiger partial charge < -0.3 is 15.7 Å². The van der Waals surface area contributed by atoms with Crippen molar-refractivity contribution >= 4 is 23.3 Å². The van der Waals surface area contributed by atoms with E-state index in [9.17, 15) is 19.7 Å². The van der Waals surface area contributed by atoms with Crippen LogP contribution in [-0.4, -0.2) is 34.5 Å². The van der Waals surface area contributed by atoms with Gasteiger partial charge in [-0.05, 0) is 37.8 Å². The van der Waals surface area contributed by atoms with E-state index in [4.69, 9.17) is 5.11 Å². The molecule has 23 heavy (non-hydrogen) atoms. The molecule has 0 radical (unpaired) electrons. The van der Waals surface area contributed by atoms with Gasteiger partial charge in [0.05, 0.1) is 4.92 Å². The predicted molar refractivity (Wildman–Crippen MR) is 83.6 cm³/mol. The van der Waals surface area contributed by atoms with Crippen molar-refractivity contribution < 1.29 is 19.6 Å². The summed E-state index contributed by atoms with van der Waals surface area (Å²) in [5.74, 6) is -1.27. The van der Waals surface area contributed by atoms with E-state index < -0.39 is 16.8 Å². The summed E-state index contributed by atoms with van der Waals surface area (Å²) in [5, 5.41) is 25.4. The molecule has 8 nitrogen and oxygen atoms in total. The van der Waals surface area contributed by atoms with Crippen LogP contribution in [0, 0.1) is 10.1 Å². The summed E-state index contributed by atoms with van der Waals surface area (Å²) >= 11 is 0. The lowest BCUT2D eigenvalue weighted by Crippen LogP contribution is -2.24. The second-order valence-electron chi connectivity index (χ2n) is 5.51. The second-order valence-corrected chi connectivity index (χ2v) is 5.51. The van der Waals surface area contributed by atoms with E-state index in [1.54, 1.807) is 12.1 Å². The van der Waals surface area contributed by atoms with Crippen LogP contribution in [0.1, 0.15) is 42.5 Å². The van der Waals surface area contributed by atoms with E-state index in [1.165, 1.54) is 6.07 Å². The minimum atomic E-state index is -0.870. The molecule has 124 valence electrons. The molecule has 1 aromatic rings. The quantitative estimate of drug-likeness (QED) is 0.364. The van der Waals surface area contributed by atoms with E-state index >= 15 is 0 Å². The summed E-state index contributed by atoms with van der Waals surface area (Å²) in [6.07, 6.45) is 3.07. The fourth-order valence-electron chi connectivity index (χ4n) is 2.10. The second kappa shape index (κ2) is 7.57. The van der Waals surface area contributed by atoms with Crippen LogP contribution in [0.5, 0.6) is 0 Å². The van der Waals surface area contributed by atoms with Gasteiger partial charge in [-0.2, -0.15) is 0 Å². The van der Waals surface area contributed by atoms with E-state index in [2.05, 4.69) is 10.6 Å². The lowest BCUT2D eigenvalue weighted by molar-refractivity contribution is -0.384. The Labute approximate surface area is 133 Å². The number of nitrogens with zero attached hydrogens (tertiary/aromatic N) is 1. The minimum Gasteiger partial charge on any atom is -0.481 e. The van der Waals surface area contributed by atoms with Crippen LogP contribution in [0.25, 0.3) is 0 Å². The number of carboxylic acids is 1. The molecule has 3 N–H and O–H groups in total. The molecular weight excluding hydrogens is 302 g/mol. The molecule has 0 atom stereocenters. The Balaban J connectivity index is 1.93. The van der Waals surface area contributed by atoms with Crippen LogP contribution in [-0.2, 0) is 4.79 Å². The smallest absolute Gasteiger partial charge is 0.303 e. The lowest BCUT2D eigenvalue weighted by Gasteiger charge is -2.08. The SMILES string of the molecule is O=C(O)CCCCNC(=O)c1ccc(NC2CC2)c([N+](=O)[O-])c1. The Morgan fingerprint density at radius 2 is 2.04 bits per heavy atom. The maximum absolute atomic E-state index is 12.0. The first-order chi connectivity index (χ1) is 11.0. The van der Waals surface area contributed by atoms with Crippen LogP contribution in [0.15, 0.2) is 18.2 Å². The molecule has 0 aliphatic heterocycles. The van der Waals surface area contributed by atoms with Crippen molar-refractivity contribution in [1.82, 2.24) is 5.32 Å². The zero-order valence-electron chi connectivity index (χ0n) is 12.6. The van der Waals surface area contributed by atoms with Crippen molar-refractivity contribution in [2.45, 2.75) is 38.1 Å². The molecule has 0 heterocycles. The number of anilines is 1. The molecule has 1 aromatic carbocycles. The van der Waals surface area contributed by atoms with Gasteiger partial charge in [-0.1, -0.05) is 0 Å². The highest BCUT2D eigenvalue weighted by molar-refractivity contribution is 5.95. The van der Waals surface area contributed by atoms with Gasteiger partial charge in [-0.3, -0.25) is 19.7 Å². The highest BCUT2D eigenvalue weighted by Gasteiger charge is 2.25. The standard InChI is InChI=1S/C15H19N3O5/c19-14(20)3-1-2-8-16-15(21)10-4-7-12(17-11-5-6-11)13(9-10)18(22)23/h4,7,9,11,17H,1-3,5-6,8H2,(H,16,21)(H,19,20). The summed E-state index contributed by atoms with van der Waals surface area (Å²) in [7, 11) is 0. The van der Waals surface area contributed by atoms with Gasteiger partial charge in [0, 0.05) is 30.6 Å². The average Bonchev–Trinajstić information content (AvgIpc) is 3.30. The summed E-state index contributed by atoms with van der Waals surface area (Å²) in [6, 6.07) is 4.64. The number of hydrogen-bond acceptors (Lipinski definition) is 5. The van der Waals surface area contributed by atoms with Gasteiger partial charge in [0.2, 0.25) is 0 Å². The molecular formula is C15H19N3O5. The number of nitro groups is 1. The van der Waals surface area contributed by atoms with Crippen LogP contribution >= 0.6 is 0 Å². The molecule has 1 saturated carbocycles. The third-order valence-electron chi connectivity index (χ3n) is 3.50. The number of nitrogens with one attached hydrogen (secondary N) is 2. The van der Waals surface area contributed by atoms with Crippen molar-refractivity contribution in [2.24, 2.45) is 0 Å². The first kappa shape index (κ1) is 16.7. The largest absolute Gasteiger partial charge is 0.481 e. The molecule has 0 unspecified atom stereocenters. The van der Waals surface area contributed by atoms with Gasteiger partial charge in [0.1, 0.15) is 5.69 Å². The number of carbonyl (C=O) groups is 2. The summed E-state index contributed by atoms with van der Waals surface area (Å²) < 4.78 is 0. The van der Waals surface area contributed by atoms with Gasteiger partial charge in [0.25, 0.3) is 11.6 Å². The number of carboxylic acid groups (broad SMARTS) is 1. The van der Waals surface area contributed by atoms with Crippen LogP contribution in [0.2, 0.25) is 0 Å². The minimum absolute atomic E-state index is 0.0584. The lowest BCUT2D eigenvalue weighted by atomic mass is 10.1. The molecule has 0 spiro atoms. The van der Waals surface area contributed by atoms with Crippen molar-refractivity contribution in [2.75, 3.05) is 11.9 Å².